The maximum atomic E-state index is 12.8. The topological polar surface area (TPSA) is 12.4 Å². The van der Waals surface area contributed by atoms with Crippen molar-refractivity contribution in [2.24, 2.45) is 4.99 Å². The van der Waals surface area contributed by atoms with Crippen LogP contribution >= 0.6 is 0 Å². The Labute approximate surface area is 169 Å². The number of hydrogen-bond donors (Lipinski definition) is 0. The van der Waals surface area contributed by atoms with Crippen LogP contribution in [0.1, 0.15) is 34.7 Å². The molecule has 0 radical (unpaired) electrons. The average molecular weight is 393 g/mol. The Kier molecular flexibility index (Phi) is 6.02. The molecular weight excluding hydrogens is 371 g/mol. The number of aryl methyl sites for hydroxylation is 2. The second kappa shape index (κ2) is 8.48. The third kappa shape index (κ3) is 5.23. The minimum Gasteiger partial charge on any atom is -0.253 e. The highest BCUT2D eigenvalue weighted by molar-refractivity contribution is 6.27. The molecule has 3 rings (SSSR count). The smallest absolute Gasteiger partial charge is 0.253 e. The molecule has 0 amide bonds. The molecule has 0 aliphatic rings. The monoisotopic (exact) mass is 393 g/mol. The number of nitrogens with zero attached hydrogens (tertiary/aromatic N) is 1. The third-order valence-electron chi connectivity index (χ3n) is 4.66. The predicted octanol–water partition coefficient (Wildman–Crippen LogP) is 7.66. The number of halogens is 3. The van der Waals surface area contributed by atoms with Crippen LogP contribution in [0.4, 0.5) is 18.9 Å². The van der Waals surface area contributed by atoms with Crippen molar-refractivity contribution in [3.8, 4) is 0 Å². The van der Waals surface area contributed by atoms with E-state index in [0.29, 0.717) is 5.56 Å². The molecule has 0 fully saturated rings. The second-order valence-electron chi connectivity index (χ2n) is 7.03. The van der Waals surface area contributed by atoms with Crippen LogP contribution in [0.15, 0.2) is 77.8 Å². The van der Waals surface area contributed by atoms with Gasteiger partial charge in [0.1, 0.15) is 0 Å². The van der Waals surface area contributed by atoms with Crippen LogP contribution in [-0.4, -0.2) is 5.71 Å². The van der Waals surface area contributed by atoms with E-state index in [1.54, 1.807) is 0 Å². The Bertz CT molecular complexity index is 1040. The van der Waals surface area contributed by atoms with Crippen LogP contribution in [0.25, 0.3) is 11.6 Å². The summed E-state index contributed by atoms with van der Waals surface area (Å²) in [6, 6.07) is 21.0. The van der Waals surface area contributed by atoms with Gasteiger partial charge in [-0.2, -0.15) is 13.2 Å². The first-order chi connectivity index (χ1) is 13.7. The average Bonchev–Trinajstić information content (AvgIpc) is 2.68. The molecular formula is C25H22F3N. The normalized spacial score (nSPS) is 12.9. The highest BCUT2D eigenvalue weighted by Gasteiger charge is 2.29. The van der Waals surface area contributed by atoms with Gasteiger partial charge >= 0.3 is 6.18 Å². The van der Waals surface area contributed by atoms with Gasteiger partial charge in [0.15, 0.2) is 0 Å². The molecule has 4 heteroatoms. The molecule has 29 heavy (non-hydrogen) atoms. The van der Waals surface area contributed by atoms with E-state index >= 15 is 0 Å². The van der Waals surface area contributed by atoms with E-state index in [-0.39, 0.29) is 0 Å². The van der Waals surface area contributed by atoms with Crippen LogP contribution in [-0.2, 0) is 6.18 Å². The summed E-state index contributed by atoms with van der Waals surface area (Å²) >= 11 is 0. The summed E-state index contributed by atoms with van der Waals surface area (Å²) in [6.45, 7) is 5.97. The van der Waals surface area contributed by atoms with Crippen molar-refractivity contribution in [2.75, 3.05) is 0 Å². The summed E-state index contributed by atoms with van der Waals surface area (Å²) < 4.78 is 38.5. The molecule has 0 N–H and O–H groups in total. The summed E-state index contributed by atoms with van der Waals surface area (Å²) in [7, 11) is 0. The van der Waals surface area contributed by atoms with Crippen LogP contribution in [0.2, 0.25) is 0 Å². The van der Waals surface area contributed by atoms with E-state index in [2.05, 4.69) is 6.07 Å². The Morgan fingerprint density at radius 1 is 0.862 bits per heavy atom. The molecule has 0 aliphatic carbocycles. The second-order valence-corrected chi connectivity index (χ2v) is 7.03. The van der Waals surface area contributed by atoms with Crippen LogP contribution in [0.3, 0.4) is 0 Å². The van der Waals surface area contributed by atoms with Crippen molar-refractivity contribution in [1.29, 1.82) is 0 Å². The minimum atomic E-state index is -4.34. The van der Waals surface area contributed by atoms with Gasteiger partial charge in [-0.25, -0.2) is 0 Å². The fourth-order valence-electron chi connectivity index (χ4n) is 3.12. The Morgan fingerprint density at radius 3 is 2.10 bits per heavy atom. The number of alkyl halides is 3. The molecule has 0 heterocycles. The zero-order chi connectivity index (χ0) is 21.0. The molecule has 0 aliphatic heterocycles. The summed E-state index contributed by atoms with van der Waals surface area (Å²) in [5.41, 5.74) is 5.77. The first kappa shape index (κ1) is 20.6. The number of aliphatic imine (C=N–C) groups is 1. The zero-order valence-corrected chi connectivity index (χ0v) is 16.6. The highest BCUT2D eigenvalue weighted by atomic mass is 19.4. The fourth-order valence-corrected chi connectivity index (χ4v) is 3.12. The van der Waals surface area contributed by atoms with Gasteiger partial charge in [0.25, 0.3) is 0 Å². The van der Waals surface area contributed by atoms with Gasteiger partial charge in [-0.1, -0.05) is 60.2 Å². The molecule has 3 aromatic rings. The summed E-state index contributed by atoms with van der Waals surface area (Å²) in [5, 5.41) is 0. The van der Waals surface area contributed by atoms with E-state index in [1.807, 2.05) is 69.3 Å². The van der Waals surface area contributed by atoms with Gasteiger partial charge in [-0.15, -0.1) is 0 Å². The maximum Gasteiger partial charge on any atom is 0.416 e. The highest BCUT2D eigenvalue weighted by Crippen LogP contribution is 2.30. The summed E-state index contributed by atoms with van der Waals surface area (Å²) in [4.78, 5) is 4.80. The fraction of sp³-hybridized carbons (Fsp3) is 0.160. The number of benzene rings is 3. The van der Waals surface area contributed by atoms with Gasteiger partial charge in [0, 0.05) is 11.3 Å². The number of allylic oxidation sites excluding steroid dienone is 1. The SMILES string of the molecule is CC(=Nc1ccc(C)cc1C)/C(=C/c1ccc(C(F)(F)F)cc1)c1ccccc1. The lowest BCUT2D eigenvalue weighted by Gasteiger charge is -2.11. The predicted molar refractivity (Wildman–Crippen MR) is 114 cm³/mol. The first-order valence-electron chi connectivity index (χ1n) is 9.31. The van der Waals surface area contributed by atoms with Crippen LogP contribution < -0.4 is 0 Å². The standard InChI is InChI=1S/C25H22F3N/c1-17-9-14-24(18(2)15-17)29-19(3)23(21-7-5-4-6-8-21)16-20-10-12-22(13-11-20)25(26,27)28/h4-16H,1-3H3/b23-16-,29-19?. The third-order valence-corrected chi connectivity index (χ3v) is 4.66. The zero-order valence-electron chi connectivity index (χ0n) is 16.6. The van der Waals surface area contributed by atoms with E-state index in [9.17, 15) is 13.2 Å². The van der Waals surface area contributed by atoms with Crippen molar-refractivity contribution >= 4 is 23.0 Å². The van der Waals surface area contributed by atoms with E-state index in [4.69, 9.17) is 4.99 Å². The molecule has 0 bridgehead atoms. The van der Waals surface area contributed by atoms with E-state index in [0.717, 1.165) is 40.2 Å². The largest absolute Gasteiger partial charge is 0.416 e. The maximum absolute atomic E-state index is 12.8. The van der Waals surface area contributed by atoms with E-state index in [1.165, 1.54) is 17.7 Å². The van der Waals surface area contributed by atoms with Gasteiger partial charge in [0.2, 0.25) is 0 Å². The molecule has 0 atom stereocenters. The molecule has 0 aromatic heterocycles. The number of hydrogen-bond acceptors (Lipinski definition) is 1. The minimum absolute atomic E-state index is 0.656. The number of rotatable bonds is 4. The molecule has 3 aromatic carbocycles. The van der Waals surface area contributed by atoms with Crippen molar-refractivity contribution < 1.29 is 13.2 Å². The molecule has 0 saturated heterocycles. The quantitative estimate of drug-likeness (QED) is 0.319. The molecule has 0 unspecified atom stereocenters. The summed E-state index contributed by atoms with van der Waals surface area (Å²) in [5.74, 6) is 0. The van der Waals surface area contributed by atoms with Crippen molar-refractivity contribution in [3.63, 3.8) is 0 Å². The van der Waals surface area contributed by atoms with Crippen LogP contribution in [0.5, 0.6) is 0 Å². The van der Waals surface area contributed by atoms with Gasteiger partial charge in [0.05, 0.1) is 11.3 Å². The molecule has 0 saturated carbocycles. The molecule has 148 valence electrons. The lowest BCUT2D eigenvalue weighted by Crippen LogP contribution is -2.04. The van der Waals surface area contributed by atoms with Crippen LogP contribution in [0, 0.1) is 13.8 Å². The van der Waals surface area contributed by atoms with E-state index < -0.39 is 11.7 Å². The molecule has 0 spiro atoms. The van der Waals surface area contributed by atoms with Gasteiger partial charge in [-0.3, -0.25) is 4.99 Å². The Morgan fingerprint density at radius 2 is 1.52 bits per heavy atom. The lowest BCUT2D eigenvalue weighted by molar-refractivity contribution is -0.137. The van der Waals surface area contributed by atoms with Gasteiger partial charge in [-0.05, 0) is 61.7 Å². The Balaban J connectivity index is 2.05. The van der Waals surface area contributed by atoms with Gasteiger partial charge < -0.3 is 0 Å². The van der Waals surface area contributed by atoms with Crippen molar-refractivity contribution in [3.05, 3.63) is 101 Å². The first-order valence-corrected chi connectivity index (χ1v) is 9.31. The van der Waals surface area contributed by atoms with Crippen molar-refractivity contribution in [1.82, 2.24) is 0 Å². The van der Waals surface area contributed by atoms with Crippen molar-refractivity contribution in [2.45, 2.75) is 26.9 Å². The molecule has 1 nitrogen and oxygen atoms in total. The summed E-state index contributed by atoms with van der Waals surface area (Å²) in [6.07, 6.45) is -2.47. The lowest BCUT2D eigenvalue weighted by atomic mass is 9.98. The Hall–Kier alpha value is -3.14.